The van der Waals surface area contributed by atoms with Crippen molar-refractivity contribution < 1.29 is 13.9 Å². The summed E-state index contributed by atoms with van der Waals surface area (Å²) in [7, 11) is 1.63. The topological polar surface area (TPSA) is 87.1 Å². The number of methoxy groups -OCH3 is 1. The third-order valence-electron chi connectivity index (χ3n) is 4.13. The number of furan rings is 1. The number of aromatic nitrogens is 4. The third kappa shape index (κ3) is 4.12. The van der Waals surface area contributed by atoms with Crippen LogP contribution in [0.15, 0.2) is 71.7 Å². The number of hydrogen-bond acceptors (Lipinski definition) is 5. The molecule has 0 aliphatic rings. The SMILES string of the molecule is COc1cccc(Cn2cc(NC(=O)c3ccc(Cn4cccn4)o3)cn2)c1. The zero-order chi connectivity index (χ0) is 19.3. The van der Waals surface area contributed by atoms with Crippen LogP contribution in [0.2, 0.25) is 0 Å². The molecule has 28 heavy (non-hydrogen) atoms. The maximum absolute atomic E-state index is 12.4. The summed E-state index contributed by atoms with van der Waals surface area (Å²) in [5, 5.41) is 11.2. The van der Waals surface area contributed by atoms with E-state index in [0.29, 0.717) is 24.5 Å². The molecule has 0 bridgehead atoms. The normalized spacial score (nSPS) is 10.8. The molecule has 0 unspecified atom stereocenters. The van der Waals surface area contributed by atoms with Crippen molar-refractivity contribution in [3.8, 4) is 5.75 Å². The van der Waals surface area contributed by atoms with Crippen molar-refractivity contribution in [3.05, 3.63) is 84.3 Å². The van der Waals surface area contributed by atoms with Gasteiger partial charge in [-0.15, -0.1) is 0 Å². The van der Waals surface area contributed by atoms with Gasteiger partial charge in [-0.2, -0.15) is 10.2 Å². The molecule has 8 heteroatoms. The zero-order valence-corrected chi connectivity index (χ0v) is 15.3. The lowest BCUT2D eigenvalue weighted by atomic mass is 10.2. The molecule has 4 rings (SSSR count). The molecule has 3 heterocycles. The van der Waals surface area contributed by atoms with E-state index < -0.39 is 0 Å². The summed E-state index contributed by atoms with van der Waals surface area (Å²) in [6.07, 6.45) is 6.90. The summed E-state index contributed by atoms with van der Waals surface area (Å²) in [6, 6.07) is 13.0. The highest BCUT2D eigenvalue weighted by molar-refractivity contribution is 6.02. The monoisotopic (exact) mass is 377 g/mol. The smallest absolute Gasteiger partial charge is 0.291 e. The predicted molar refractivity (Wildman–Crippen MR) is 102 cm³/mol. The Morgan fingerprint density at radius 1 is 1.14 bits per heavy atom. The van der Waals surface area contributed by atoms with Gasteiger partial charge in [-0.1, -0.05) is 12.1 Å². The molecule has 1 amide bonds. The summed E-state index contributed by atoms with van der Waals surface area (Å²) in [5.41, 5.74) is 1.65. The van der Waals surface area contributed by atoms with Crippen molar-refractivity contribution in [2.75, 3.05) is 12.4 Å². The number of nitrogens with one attached hydrogen (secondary N) is 1. The Morgan fingerprint density at radius 3 is 2.89 bits per heavy atom. The van der Waals surface area contributed by atoms with Gasteiger partial charge in [-0.05, 0) is 35.9 Å². The number of amides is 1. The number of carbonyl (C=O) groups is 1. The van der Waals surface area contributed by atoms with Gasteiger partial charge in [0.2, 0.25) is 0 Å². The Morgan fingerprint density at radius 2 is 2.07 bits per heavy atom. The van der Waals surface area contributed by atoms with Gasteiger partial charge >= 0.3 is 0 Å². The summed E-state index contributed by atoms with van der Waals surface area (Å²) >= 11 is 0. The van der Waals surface area contributed by atoms with Gasteiger partial charge in [0.15, 0.2) is 5.76 Å². The van der Waals surface area contributed by atoms with Crippen molar-refractivity contribution >= 4 is 11.6 Å². The van der Waals surface area contributed by atoms with Crippen molar-refractivity contribution in [3.63, 3.8) is 0 Å². The first-order chi connectivity index (χ1) is 13.7. The molecule has 8 nitrogen and oxygen atoms in total. The van der Waals surface area contributed by atoms with Crippen LogP contribution in [0.3, 0.4) is 0 Å². The fourth-order valence-corrected chi connectivity index (χ4v) is 2.80. The lowest BCUT2D eigenvalue weighted by Crippen LogP contribution is -2.10. The second-order valence-corrected chi connectivity index (χ2v) is 6.20. The maximum atomic E-state index is 12.4. The largest absolute Gasteiger partial charge is 0.497 e. The molecule has 0 spiro atoms. The van der Waals surface area contributed by atoms with Gasteiger partial charge in [-0.3, -0.25) is 14.2 Å². The van der Waals surface area contributed by atoms with Crippen LogP contribution in [0, 0.1) is 0 Å². The van der Waals surface area contributed by atoms with E-state index in [0.717, 1.165) is 11.3 Å². The molecule has 142 valence electrons. The minimum absolute atomic E-state index is 0.239. The number of ether oxygens (including phenoxy) is 1. The highest BCUT2D eigenvalue weighted by atomic mass is 16.5. The molecule has 0 radical (unpaired) electrons. The zero-order valence-electron chi connectivity index (χ0n) is 15.3. The molecule has 1 aromatic carbocycles. The van der Waals surface area contributed by atoms with Crippen molar-refractivity contribution in [1.29, 1.82) is 0 Å². The van der Waals surface area contributed by atoms with E-state index in [-0.39, 0.29) is 11.7 Å². The molecular weight excluding hydrogens is 358 g/mol. The van der Waals surface area contributed by atoms with Gasteiger partial charge in [0.25, 0.3) is 5.91 Å². The summed E-state index contributed by atoms with van der Waals surface area (Å²) < 4.78 is 14.3. The van der Waals surface area contributed by atoms with Gasteiger partial charge in [-0.25, -0.2) is 0 Å². The van der Waals surface area contributed by atoms with E-state index in [9.17, 15) is 4.79 Å². The van der Waals surface area contributed by atoms with Crippen molar-refractivity contribution in [2.24, 2.45) is 0 Å². The maximum Gasteiger partial charge on any atom is 0.291 e. The number of hydrogen-bond donors (Lipinski definition) is 1. The van der Waals surface area contributed by atoms with E-state index in [1.807, 2.05) is 36.5 Å². The number of benzene rings is 1. The molecule has 4 aromatic rings. The number of rotatable bonds is 7. The molecule has 0 saturated carbocycles. The van der Waals surface area contributed by atoms with E-state index in [2.05, 4.69) is 15.5 Å². The van der Waals surface area contributed by atoms with Crippen LogP contribution in [0.1, 0.15) is 21.9 Å². The summed E-state index contributed by atoms with van der Waals surface area (Å²) in [4.78, 5) is 12.4. The van der Waals surface area contributed by atoms with E-state index in [4.69, 9.17) is 9.15 Å². The molecule has 1 N–H and O–H groups in total. The van der Waals surface area contributed by atoms with E-state index in [1.54, 1.807) is 47.2 Å². The fraction of sp³-hybridized carbons (Fsp3) is 0.150. The van der Waals surface area contributed by atoms with E-state index >= 15 is 0 Å². The van der Waals surface area contributed by atoms with Crippen LogP contribution in [-0.4, -0.2) is 32.6 Å². The molecule has 0 aliphatic heterocycles. The molecule has 0 atom stereocenters. The van der Waals surface area contributed by atoms with Crippen molar-refractivity contribution in [1.82, 2.24) is 19.6 Å². The molecule has 0 saturated heterocycles. The summed E-state index contributed by atoms with van der Waals surface area (Å²) in [5.74, 6) is 1.36. The second-order valence-electron chi connectivity index (χ2n) is 6.20. The van der Waals surface area contributed by atoms with Crippen LogP contribution in [-0.2, 0) is 13.1 Å². The lowest BCUT2D eigenvalue weighted by molar-refractivity contribution is 0.0994. The van der Waals surface area contributed by atoms with Gasteiger partial charge < -0.3 is 14.5 Å². The van der Waals surface area contributed by atoms with Crippen LogP contribution in [0.5, 0.6) is 5.75 Å². The van der Waals surface area contributed by atoms with Gasteiger partial charge in [0.1, 0.15) is 11.5 Å². The first-order valence-corrected chi connectivity index (χ1v) is 8.72. The van der Waals surface area contributed by atoms with E-state index in [1.165, 1.54) is 0 Å². The van der Waals surface area contributed by atoms with Gasteiger partial charge in [0.05, 0.1) is 32.1 Å². The van der Waals surface area contributed by atoms with Crippen LogP contribution in [0.4, 0.5) is 5.69 Å². The Balaban J connectivity index is 1.38. The van der Waals surface area contributed by atoms with Crippen LogP contribution >= 0.6 is 0 Å². The minimum Gasteiger partial charge on any atom is -0.497 e. The lowest BCUT2D eigenvalue weighted by Gasteiger charge is -2.04. The fourth-order valence-electron chi connectivity index (χ4n) is 2.80. The molecule has 0 fully saturated rings. The number of anilines is 1. The quantitative estimate of drug-likeness (QED) is 0.535. The summed E-state index contributed by atoms with van der Waals surface area (Å²) in [6.45, 7) is 1.04. The Bertz CT molecular complexity index is 1070. The highest BCUT2D eigenvalue weighted by Crippen LogP contribution is 2.16. The van der Waals surface area contributed by atoms with Gasteiger partial charge in [0, 0.05) is 18.6 Å². The minimum atomic E-state index is -0.326. The standard InChI is InChI=1S/C20H19N5O3/c1-27-17-5-2-4-15(10-17)12-25-13-16(11-22-25)23-20(26)19-7-6-18(28-19)14-24-9-3-8-21-24/h2-11,13H,12,14H2,1H3,(H,23,26). The van der Waals surface area contributed by atoms with Crippen molar-refractivity contribution in [2.45, 2.75) is 13.1 Å². The third-order valence-corrected chi connectivity index (χ3v) is 4.13. The first-order valence-electron chi connectivity index (χ1n) is 8.72. The van der Waals surface area contributed by atoms with Crippen LogP contribution < -0.4 is 10.1 Å². The second kappa shape index (κ2) is 7.83. The molecular formula is C20H19N5O3. The molecule has 3 aromatic heterocycles. The predicted octanol–water partition coefficient (Wildman–Crippen LogP) is 3.03. The highest BCUT2D eigenvalue weighted by Gasteiger charge is 2.13. The Labute approximate surface area is 161 Å². The Kier molecular flexibility index (Phi) is 4.92. The number of nitrogens with zero attached hydrogens (tertiary/aromatic N) is 4. The van der Waals surface area contributed by atoms with Crippen LogP contribution in [0.25, 0.3) is 0 Å². The Hall–Kier alpha value is -3.81. The average Bonchev–Trinajstić information content (AvgIpc) is 3.45. The average molecular weight is 377 g/mol. The number of carbonyl (C=O) groups excluding carboxylic acids is 1. The first kappa shape index (κ1) is 17.6. The molecule has 0 aliphatic carbocycles.